The van der Waals surface area contributed by atoms with Crippen LogP contribution in [0.2, 0.25) is 0 Å². The molecule has 8 nitrogen and oxygen atoms in total. The van der Waals surface area contributed by atoms with E-state index in [0.29, 0.717) is 11.5 Å². The highest BCUT2D eigenvalue weighted by Crippen LogP contribution is 2.28. The third-order valence-corrected chi connectivity index (χ3v) is 4.13. The number of rotatable bonds is 4. The van der Waals surface area contributed by atoms with Crippen LogP contribution < -0.4 is 5.32 Å². The predicted molar refractivity (Wildman–Crippen MR) is 107 cm³/mol. The first-order valence-corrected chi connectivity index (χ1v) is 8.45. The van der Waals surface area contributed by atoms with Crippen molar-refractivity contribution in [1.29, 1.82) is 5.26 Å². The topological polar surface area (TPSA) is 113 Å². The van der Waals surface area contributed by atoms with Gasteiger partial charge in [0.25, 0.3) is 0 Å². The van der Waals surface area contributed by atoms with E-state index in [-0.39, 0.29) is 52.8 Å². The van der Waals surface area contributed by atoms with E-state index in [1.165, 1.54) is 24.4 Å². The van der Waals surface area contributed by atoms with Crippen LogP contribution in [0.25, 0.3) is 16.6 Å². The molecule has 4 rings (SSSR count). The van der Waals surface area contributed by atoms with Gasteiger partial charge in [0.2, 0.25) is 0 Å². The Balaban J connectivity index is 0.00000256. The van der Waals surface area contributed by atoms with Gasteiger partial charge in [-0.25, -0.2) is 28.4 Å². The molecule has 0 aliphatic carbocycles. The fraction of sp³-hybridized carbons (Fsp3) is 0.105. The molecule has 0 saturated heterocycles. The van der Waals surface area contributed by atoms with Crippen molar-refractivity contribution in [3.8, 4) is 11.8 Å². The summed E-state index contributed by atoms with van der Waals surface area (Å²) in [6.07, 6.45) is 2.36. The zero-order chi connectivity index (χ0) is 20.5. The molecule has 0 spiro atoms. The standard InChI is InChI=1S/C19H13F2N7O.ClH/c1-10-5-15(25-16(9-29)24-10)26-19-12-8-28(27-17(12)14(21)7-23-19)18-11(6-22)3-2-4-13(18)20;/h2-5,7-8,29H,9H2,1H3,(H,23,24,25,26);1H. The number of benzene rings is 1. The Labute approximate surface area is 175 Å². The monoisotopic (exact) mass is 429 g/mol. The Morgan fingerprint density at radius 3 is 2.77 bits per heavy atom. The molecular weight excluding hydrogens is 416 g/mol. The number of hydrogen-bond acceptors (Lipinski definition) is 7. The molecule has 0 fully saturated rings. The SMILES string of the molecule is Cc1cc(Nc2ncc(F)c3nn(-c4c(F)cccc4C#N)cc23)nc(CO)n1.Cl. The molecule has 0 bridgehead atoms. The molecule has 3 heterocycles. The summed E-state index contributed by atoms with van der Waals surface area (Å²) >= 11 is 0. The minimum absolute atomic E-state index is 0. The second-order valence-corrected chi connectivity index (χ2v) is 6.13. The van der Waals surface area contributed by atoms with E-state index < -0.39 is 11.6 Å². The maximum Gasteiger partial charge on any atom is 0.169 e. The van der Waals surface area contributed by atoms with Crippen molar-refractivity contribution in [3.05, 3.63) is 65.4 Å². The largest absolute Gasteiger partial charge is 0.388 e. The summed E-state index contributed by atoms with van der Waals surface area (Å²) in [6, 6.07) is 7.57. The summed E-state index contributed by atoms with van der Waals surface area (Å²) in [7, 11) is 0. The Morgan fingerprint density at radius 1 is 1.23 bits per heavy atom. The molecular formula is C19H14ClF2N7O. The molecule has 0 saturated carbocycles. The number of halogens is 3. The average molecular weight is 430 g/mol. The summed E-state index contributed by atoms with van der Waals surface area (Å²) in [5, 5.41) is 25.9. The number of hydrogen-bond donors (Lipinski definition) is 2. The highest BCUT2D eigenvalue weighted by Gasteiger charge is 2.17. The normalized spacial score (nSPS) is 10.5. The molecule has 11 heteroatoms. The number of aromatic nitrogens is 5. The first kappa shape index (κ1) is 21.0. The van der Waals surface area contributed by atoms with Crippen LogP contribution in [-0.4, -0.2) is 29.8 Å². The number of nitrogens with one attached hydrogen (secondary N) is 1. The second-order valence-electron chi connectivity index (χ2n) is 6.13. The Bertz CT molecular complexity index is 1290. The zero-order valence-electron chi connectivity index (χ0n) is 15.5. The number of anilines is 2. The van der Waals surface area contributed by atoms with Gasteiger partial charge in [0, 0.05) is 18.0 Å². The van der Waals surface area contributed by atoms with Crippen LogP contribution >= 0.6 is 12.4 Å². The fourth-order valence-electron chi connectivity index (χ4n) is 2.91. The van der Waals surface area contributed by atoms with Gasteiger partial charge in [-0.2, -0.15) is 10.4 Å². The molecule has 2 N–H and O–H groups in total. The van der Waals surface area contributed by atoms with Gasteiger partial charge < -0.3 is 10.4 Å². The highest BCUT2D eigenvalue weighted by molar-refractivity contribution is 5.91. The van der Waals surface area contributed by atoms with E-state index >= 15 is 0 Å². The van der Waals surface area contributed by atoms with Crippen LogP contribution in [0.4, 0.5) is 20.4 Å². The minimum atomic E-state index is -0.700. The smallest absolute Gasteiger partial charge is 0.169 e. The van der Waals surface area contributed by atoms with E-state index in [4.69, 9.17) is 0 Å². The van der Waals surface area contributed by atoms with Crippen molar-refractivity contribution in [2.24, 2.45) is 0 Å². The molecule has 0 unspecified atom stereocenters. The van der Waals surface area contributed by atoms with Crippen molar-refractivity contribution >= 4 is 34.9 Å². The number of aliphatic hydroxyl groups is 1. The van der Waals surface area contributed by atoms with Gasteiger partial charge in [-0.1, -0.05) is 6.07 Å². The van der Waals surface area contributed by atoms with Crippen LogP contribution in [0.3, 0.4) is 0 Å². The van der Waals surface area contributed by atoms with Gasteiger partial charge in [0.1, 0.15) is 41.3 Å². The van der Waals surface area contributed by atoms with Gasteiger partial charge in [-0.3, -0.25) is 0 Å². The Hall–Kier alpha value is -3.68. The number of aryl methyl sites for hydroxylation is 1. The van der Waals surface area contributed by atoms with Gasteiger partial charge in [0.05, 0.1) is 17.1 Å². The maximum atomic E-state index is 14.3. The summed E-state index contributed by atoms with van der Waals surface area (Å²) in [4.78, 5) is 12.3. The number of fused-ring (bicyclic) bond motifs is 1. The van der Waals surface area contributed by atoms with Gasteiger partial charge in [-0.15, -0.1) is 12.4 Å². The van der Waals surface area contributed by atoms with Crippen molar-refractivity contribution in [3.63, 3.8) is 0 Å². The molecule has 1 aromatic carbocycles. The third kappa shape index (κ3) is 3.76. The van der Waals surface area contributed by atoms with Gasteiger partial charge in [0.15, 0.2) is 11.6 Å². The number of pyridine rings is 1. The van der Waals surface area contributed by atoms with E-state index in [2.05, 4.69) is 25.4 Å². The maximum absolute atomic E-state index is 14.3. The molecule has 4 aromatic rings. The zero-order valence-corrected chi connectivity index (χ0v) is 16.3. The summed E-state index contributed by atoms with van der Waals surface area (Å²) in [5.74, 6) is -0.581. The molecule has 30 heavy (non-hydrogen) atoms. The van der Waals surface area contributed by atoms with Crippen molar-refractivity contribution in [2.75, 3.05) is 5.32 Å². The molecule has 0 amide bonds. The number of aliphatic hydroxyl groups excluding tert-OH is 1. The summed E-state index contributed by atoms with van der Waals surface area (Å²) < 4.78 is 29.8. The van der Waals surface area contributed by atoms with Crippen LogP contribution in [0.15, 0.2) is 36.7 Å². The lowest BCUT2D eigenvalue weighted by Gasteiger charge is -2.08. The molecule has 0 atom stereocenters. The molecule has 3 aromatic heterocycles. The first-order valence-electron chi connectivity index (χ1n) is 8.45. The van der Waals surface area contributed by atoms with Crippen LogP contribution in [0, 0.1) is 29.9 Å². The minimum Gasteiger partial charge on any atom is -0.388 e. The lowest BCUT2D eigenvalue weighted by Crippen LogP contribution is -2.03. The molecule has 0 radical (unpaired) electrons. The number of nitriles is 1. The van der Waals surface area contributed by atoms with E-state index in [0.717, 1.165) is 10.9 Å². The lowest BCUT2D eigenvalue weighted by atomic mass is 10.2. The van der Waals surface area contributed by atoms with Gasteiger partial charge in [-0.05, 0) is 19.1 Å². The predicted octanol–water partition coefficient (Wildman–Crippen LogP) is 3.33. The lowest BCUT2D eigenvalue weighted by molar-refractivity contribution is 0.271. The number of nitrogens with zero attached hydrogens (tertiary/aromatic N) is 6. The second kappa shape index (κ2) is 8.36. The molecule has 0 aliphatic rings. The van der Waals surface area contributed by atoms with Gasteiger partial charge >= 0.3 is 0 Å². The van der Waals surface area contributed by atoms with Crippen molar-refractivity contribution in [2.45, 2.75) is 13.5 Å². The fourth-order valence-corrected chi connectivity index (χ4v) is 2.91. The van der Waals surface area contributed by atoms with Crippen molar-refractivity contribution in [1.82, 2.24) is 24.7 Å². The first-order chi connectivity index (χ1) is 14.0. The van der Waals surface area contributed by atoms with E-state index in [1.54, 1.807) is 13.0 Å². The third-order valence-electron chi connectivity index (χ3n) is 4.13. The molecule has 0 aliphatic heterocycles. The average Bonchev–Trinajstić information content (AvgIpc) is 3.15. The summed E-state index contributed by atoms with van der Waals surface area (Å²) in [5.41, 5.74) is 0.533. The quantitative estimate of drug-likeness (QED) is 0.511. The van der Waals surface area contributed by atoms with E-state index in [9.17, 15) is 19.1 Å². The summed E-state index contributed by atoms with van der Waals surface area (Å²) in [6.45, 7) is 1.39. The van der Waals surface area contributed by atoms with Crippen LogP contribution in [-0.2, 0) is 6.61 Å². The molecule has 152 valence electrons. The van der Waals surface area contributed by atoms with Crippen LogP contribution in [0.1, 0.15) is 17.1 Å². The number of para-hydroxylation sites is 1. The van der Waals surface area contributed by atoms with Crippen molar-refractivity contribution < 1.29 is 13.9 Å². The van der Waals surface area contributed by atoms with E-state index in [1.807, 2.05) is 6.07 Å². The van der Waals surface area contributed by atoms with Crippen LogP contribution in [0.5, 0.6) is 0 Å². The Kier molecular flexibility index (Phi) is 5.86. The highest BCUT2D eigenvalue weighted by atomic mass is 35.5. The Morgan fingerprint density at radius 2 is 2.03 bits per heavy atom.